The van der Waals surface area contributed by atoms with E-state index in [1.165, 1.54) is 33.4 Å². The molecule has 31 heavy (non-hydrogen) atoms. The van der Waals surface area contributed by atoms with Crippen LogP contribution in [0.3, 0.4) is 0 Å². The molecule has 2 aromatic rings. The Balaban J connectivity index is 2.20. The van der Waals surface area contributed by atoms with Crippen LogP contribution in [0.2, 0.25) is 0 Å². The Morgan fingerprint density at radius 1 is 0.548 bits per heavy atom. The van der Waals surface area contributed by atoms with Gasteiger partial charge in [0.15, 0.2) is 0 Å². The van der Waals surface area contributed by atoms with Gasteiger partial charge in [-0.05, 0) is 57.1 Å². The Bertz CT molecular complexity index is 714. The first-order valence-electron chi connectivity index (χ1n) is 12.0. The summed E-state index contributed by atoms with van der Waals surface area (Å²) in [5, 5.41) is 3.60. The van der Waals surface area contributed by atoms with Crippen LogP contribution in [0.25, 0.3) is 0 Å². The third-order valence-electron chi connectivity index (χ3n) is 6.31. The number of benzene rings is 2. The number of nitrogens with two attached hydrogens (primary N) is 2. The van der Waals surface area contributed by atoms with Gasteiger partial charge in [-0.2, -0.15) is 0 Å². The molecule has 0 saturated heterocycles. The van der Waals surface area contributed by atoms with Crippen molar-refractivity contribution in [3.05, 3.63) is 69.8 Å². The smallest absolute Gasteiger partial charge is 0.0427 e. The van der Waals surface area contributed by atoms with E-state index in [9.17, 15) is 0 Å². The van der Waals surface area contributed by atoms with E-state index in [-0.39, 0.29) is 12.1 Å². The van der Waals surface area contributed by atoms with Crippen molar-refractivity contribution in [2.24, 2.45) is 11.5 Å². The van der Waals surface area contributed by atoms with Crippen molar-refractivity contribution in [1.29, 1.82) is 0 Å². The zero-order valence-corrected chi connectivity index (χ0v) is 21.0. The second kappa shape index (κ2) is 11.3. The lowest BCUT2D eigenvalue weighted by atomic mass is 9.84. The predicted octanol–water partition coefficient (Wildman–Crippen LogP) is 6.47. The van der Waals surface area contributed by atoms with Crippen molar-refractivity contribution in [3.8, 4) is 0 Å². The lowest BCUT2D eigenvalue weighted by Gasteiger charge is -2.27. The van der Waals surface area contributed by atoms with Crippen LogP contribution in [0.5, 0.6) is 0 Å². The van der Waals surface area contributed by atoms with Gasteiger partial charge in [-0.1, -0.05) is 91.8 Å². The number of hydrogen-bond acceptors (Lipinski definition) is 3. The van der Waals surface area contributed by atoms with Crippen LogP contribution in [-0.2, 0) is 0 Å². The van der Waals surface area contributed by atoms with Crippen molar-refractivity contribution in [2.75, 3.05) is 13.1 Å². The topological polar surface area (TPSA) is 64.1 Å². The minimum atomic E-state index is -0.0480. The summed E-state index contributed by atoms with van der Waals surface area (Å²) in [7, 11) is 0. The quantitative estimate of drug-likeness (QED) is 0.410. The third kappa shape index (κ3) is 6.19. The van der Waals surface area contributed by atoms with E-state index in [0.29, 0.717) is 23.7 Å². The summed E-state index contributed by atoms with van der Waals surface area (Å²) >= 11 is 0. The minimum Gasteiger partial charge on any atom is -0.323 e. The van der Waals surface area contributed by atoms with E-state index >= 15 is 0 Å². The third-order valence-corrected chi connectivity index (χ3v) is 6.31. The molecule has 0 aliphatic heterocycles. The van der Waals surface area contributed by atoms with Gasteiger partial charge in [0, 0.05) is 25.2 Å². The number of rotatable bonds is 10. The van der Waals surface area contributed by atoms with Crippen LogP contribution in [0, 0.1) is 0 Å². The van der Waals surface area contributed by atoms with Crippen molar-refractivity contribution >= 4 is 0 Å². The second-order valence-electron chi connectivity index (χ2n) is 10.2. The Morgan fingerprint density at radius 3 is 1.03 bits per heavy atom. The van der Waals surface area contributed by atoms with Crippen LogP contribution in [0.1, 0.15) is 125 Å². The molecule has 0 aliphatic carbocycles. The molecule has 0 aliphatic rings. The summed E-state index contributed by atoms with van der Waals surface area (Å²) in [6.45, 7) is 19.4. The van der Waals surface area contributed by atoms with Crippen LogP contribution < -0.4 is 16.8 Å². The molecule has 0 radical (unpaired) electrons. The van der Waals surface area contributed by atoms with Gasteiger partial charge in [-0.15, -0.1) is 0 Å². The Labute approximate surface area is 191 Å². The summed E-state index contributed by atoms with van der Waals surface area (Å²) in [5.74, 6) is 1.81. The largest absolute Gasteiger partial charge is 0.323 e. The highest BCUT2D eigenvalue weighted by Crippen LogP contribution is 2.33. The van der Waals surface area contributed by atoms with Crippen LogP contribution in [-0.4, -0.2) is 13.1 Å². The van der Waals surface area contributed by atoms with Crippen LogP contribution in [0.15, 0.2) is 36.4 Å². The van der Waals surface area contributed by atoms with Gasteiger partial charge in [0.1, 0.15) is 0 Å². The van der Waals surface area contributed by atoms with Gasteiger partial charge in [-0.3, -0.25) is 0 Å². The molecule has 0 saturated carbocycles. The highest BCUT2D eigenvalue weighted by atomic mass is 14.9. The van der Waals surface area contributed by atoms with Crippen LogP contribution >= 0.6 is 0 Å². The van der Waals surface area contributed by atoms with Gasteiger partial charge >= 0.3 is 0 Å². The summed E-state index contributed by atoms with van der Waals surface area (Å²) in [6, 6.07) is 13.1. The molecule has 2 unspecified atom stereocenters. The average Bonchev–Trinajstić information content (AvgIpc) is 2.71. The average molecular weight is 424 g/mol. The van der Waals surface area contributed by atoms with E-state index in [1.54, 1.807) is 0 Å². The maximum absolute atomic E-state index is 6.75. The lowest BCUT2D eigenvalue weighted by Crippen LogP contribution is -2.34. The molecular weight excluding hydrogens is 378 g/mol. The zero-order chi connectivity index (χ0) is 23.3. The maximum atomic E-state index is 6.75. The molecule has 0 bridgehead atoms. The molecule has 3 heteroatoms. The number of hydrogen-bond donors (Lipinski definition) is 3. The molecule has 0 heterocycles. The normalized spacial score (nSPS) is 14.1. The SMILES string of the molecule is CC(C)c1cccc(C(C)C)c1C(N)CNCC(N)c1c(C(C)C)cccc1C(C)C. The highest BCUT2D eigenvalue weighted by Gasteiger charge is 2.21. The lowest BCUT2D eigenvalue weighted by molar-refractivity contribution is 0.539. The van der Waals surface area contributed by atoms with Gasteiger partial charge in [0.05, 0.1) is 0 Å². The molecule has 5 N–H and O–H groups in total. The maximum Gasteiger partial charge on any atom is 0.0427 e. The van der Waals surface area contributed by atoms with E-state index in [0.717, 1.165) is 13.1 Å². The van der Waals surface area contributed by atoms with Gasteiger partial charge in [0.2, 0.25) is 0 Å². The number of nitrogens with one attached hydrogen (secondary N) is 1. The van der Waals surface area contributed by atoms with Gasteiger partial charge in [-0.25, -0.2) is 0 Å². The van der Waals surface area contributed by atoms with Crippen molar-refractivity contribution < 1.29 is 0 Å². The first kappa shape index (κ1) is 25.6. The first-order valence-corrected chi connectivity index (χ1v) is 12.0. The minimum absolute atomic E-state index is 0.0480. The van der Waals surface area contributed by atoms with E-state index in [2.05, 4.69) is 97.1 Å². The highest BCUT2D eigenvalue weighted by molar-refractivity contribution is 5.42. The molecule has 2 atom stereocenters. The molecule has 2 aromatic carbocycles. The van der Waals surface area contributed by atoms with Gasteiger partial charge in [0.25, 0.3) is 0 Å². The summed E-state index contributed by atoms with van der Waals surface area (Å²) in [6.07, 6.45) is 0. The second-order valence-corrected chi connectivity index (χ2v) is 10.2. The van der Waals surface area contributed by atoms with Crippen molar-refractivity contribution in [1.82, 2.24) is 5.32 Å². The summed E-state index contributed by atoms with van der Waals surface area (Å²) in [5.41, 5.74) is 21.5. The fraction of sp³-hybridized carbons (Fsp3) is 0.571. The molecule has 172 valence electrons. The van der Waals surface area contributed by atoms with Crippen molar-refractivity contribution in [2.45, 2.75) is 91.1 Å². The molecule has 0 spiro atoms. The van der Waals surface area contributed by atoms with Crippen LogP contribution in [0.4, 0.5) is 0 Å². The molecule has 2 rings (SSSR count). The van der Waals surface area contributed by atoms with E-state index in [4.69, 9.17) is 11.5 Å². The van der Waals surface area contributed by atoms with E-state index in [1.807, 2.05) is 0 Å². The Hall–Kier alpha value is -1.68. The monoisotopic (exact) mass is 423 g/mol. The molecule has 0 fully saturated rings. The summed E-state index contributed by atoms with van der Waals surface area (Å²) in [4.78, 5) is 0. The Kier molecular flexibility index (Phi) is 9.29. The zero-order valence-electron chi connectivity index (χ0n) is 21.0. The van der Waals surface area contributed by atoms with E-state index < -0.39 is 0 Å². The fourth-order valence-corrected chi connectivity index (χ4v) is 4.67. The molecule has 0 amide bonds. The van der Waals surface area contributed by atoms with Crippen molar-refractivity contribution in [3.63, 3.8) is 0 Å². The first-order chi connectivity index (χ1) is 14.6. The standard InChI is InChI=1S/C28H45N3/c1-17(2)21-11-9-12-22(18(3)4)27(21)25(29)15-31-16-26(30)28-23(19(5)6)13-10-14-24(28)20(7)8/h9-14,17-20,25-26,31H,15-16,29-30H2,1-8H3. The fourth-order valence-electron chi connectivity index (χ4n) is 4.67. The molecule has 3 nitrogen and oxygen atoms in total. The Morgan fingerprint density at radius 2 is 0.806 bits per heavy atom. The molecule has 0 aromatic heterocycles. The van der Waals surface area contributed by atoms with Gasteiger partial charge < -0.3 is 16.8 Å². The predicted molar refractivity (Wildman–Crippen MR) is 136 cm³/mol. The molecular formula is C28H45N3. The summed E-state index contributed by atoms with van der Waals surface area (Å²) < 4.78 is 0.